The molecule has 15 heavy (non-hydrogen) atoms. The molecule has 0 spiro atoms. The molecule has 0 atom stereocenters. The average Bonchev–Trinajstić information content (AvgIpc) is 2.16. The summed E-state index contributed by atoms with van der Waals surface area (Å²) in [4.78, 5) is 18.0. The smallest absolute Gasteiger partial charge is 0.251 e. The number of hydrogen-bond donors (Lipinski definition) is 1. The molecule has 1 N–H and O–H groups in total. The van der Waals surface area contributed by atoms with E-state index in [2.05, 4.69) is 16.0 Å². The van der Waals surface area contributed by atoms with E-state index in [1.165, 1.54) is 12.3 Å². The zero-order valence-electron chi connectivity index (χ0n) is 8.74. The second-order valence-corrected chi connectivity index (χ2v) is 3.66. The number of aromatic amines is 1. The second-order valence-electron chi connectivity index (χ2n) is 3.66. The Bertz CT molecular complexity index is 523. The third-order valence-corrected chi connectivity index (χ3v) is 2.17. The van der Waals surface area contributed by atoms with Gasteiger partial charge in [-0.3, -0.25) is 4.79 Å². The molecule has 0 aliphatic rings. The summed E-state index contributed by atoms with van der Waals surface area (Å²) in [5.74, 6) is 0.620. The van der Waals surface area contributed by atoms with E-state index in [1.807, 2.05) is 26.0 Å². The van der Waals surface area contributed by atoms with Crippen molar-refractivity contribution in [2.75, 3.05) is 0 Å². The van der Waals surface area contributed by atoms with Crippen LogP contribution in [0, 0.1) is 13.8 Å². The van der Waals surface area contributed by atoms with Gasteiger partial charge in [0.1, 0.15) is 5.82 Å². The molecule has 1 aromatic carbocycles. The Kier molecular flexibility index (Phi) is 2.37. The number of nitrogens with zero attached hydrogens (tertiary/aromatic N) is 1. The zero-order valence-corrected chi connectivity index (χ0v) is 8.74. The van der Waals surface area contributed by atoms with Crippen LogP contribution in [0.3, 0.4) is 0 Å². The summed E-state index contributed by atoms with van der Waals surface area (Å²) in [6.07, 6.45) is 1.52. The van der Waals surface area contributed by atoms with Crippen LogP contribution >= 0.6 is 0 Å². The molecule has 76 valence electrons. The highest BCUT2D eigenvalue weighted by molar-refractivity contribution is 5.57. The second kappa shape index (κ2) is 3.69. The van der Waals surface area contributed by atoms with E-state index in [4.69, 9.17) is 0 Å². The Morgan fingerprint density at radius 2 is 1.80 bits per heavy atom. The molecule has 2 aromatic rings. The Labute approximate surface area is 87.8 Å². The van der Waals surface area contributed by atoms with Crippen molar-refractivity contribution in [2.24, 2.45) is 0 Å². The van der Waals surface area contributed by atoms with Gasteiger partial charge < -0.3 is 4.98 Å². The number of H-pyrrole nitrogens is 1. The van der Waals surface area contributed by atoms with E-state index >= 15 is 0 Å². The van der Waals surface area contributed by atoms with Gasteiger partial charge in [-0.1, -0.05) is 17.2 Å². The Morgan fingerprint density at radius 3 is 2.40 bits per heavy atom. The van der Waals surface area contributed by atoms with Crippen LogP contribution in [0.1, 0.15) is 11.1 Å². The van der Waals surface area contributed by atoms with Gasteiger partial charge in [0.15, 0.2) is 0 Å². The van der Waals surface area contributed by atoms with E-state index in [0.717, 1.165) is 16.7 Å². The lowest BCUT2D eigenvalue weighted by atomic mass is 10.1. The lowest BCUT2D eigenvalue weighted by Crippen LogP contribution is -2.05. The fourth-order valence-corrected chi connectivity index (χ4v) is 1.63. The maximum atomic E-state index is 11.1. The van der Waals surface area contributed by atoms with Crippen molar-refractivity contribution in [1.82, 2.24) is 9.97 Å². The lowest BCUT2D eigenvalue weighted by molar-refractivity contribution is 1.12. The molecule has 1 heterocycles. The molecule has 0 unspecified atom stereocenters. The molecular weight excluding hydrogens is 188 g/mol. The minimum absolute atomic E-state index is 0.126. The third kappa shape index (κ3) is 2.13. The fraction of sp³-hybridized carbons (Fsp3) is 0.167. The minimum Gasteiger partial charge on any atom is -0.307 e. The molecule has 3 nitrogen and oxygen atoms in total. The summed E-state index contributed by atoms with van der Waals surface area (Å²) in [6.45, 7) is 4.05. The first-order valence-electron chi connectivity index (χ1n) is 4.79. The first-order valence-corrected chi connectivity index (χ1v) is 4.79. The van der Waals surface area contributed by atoms with Gasteiger partial charge in [-0.25, -0.2) is 4.98 Å². The van der Waals surface area contributed by atoms with Crippen molar-refractivity contribution in [3.63, 3.8) is 0 Å². The number of aromatic nitrogens is 2. The maximum absolute atomic E-state index is 11.1. The summed E-state index contributed by atoms with van der Waals surface area (Å²) in [7, 11) is 0. The Morgan fingerprint density at radius 1 is 1.13 bits per heavy atom. The zero-order chi connectivity index (χ0) is 10.8. The molecule has 3 heteroatoms. The van der Waals surface area contributed by atoms with E-state index in [0.29, 0.717) is 5.82 Å². The molecule has 2 rings (SSSR count). The van der Waals surface area contributed by atoms with Crippen molar-refractivity contribution >= 4 is 0 Å². The minimum atomic E-state index is -0.126. The van der Waals surface area contributed by atoms with Crippen LogP contribution in [0.4, 0.5) is 0 Å². The van der Waals surface area contributed by atoms with Gasteiger partial charge >= 0.3 is 0 Å². The van der Waals surface area contributed by atoms with Crippen molar-refractivity contribution in [1.29, 1.82) is 0 Å². The molecule has 0 aliphatic carbocycles. The van der Waals surface area contributed by atoms with Gasteiger partial charge in [0, 0.05) is 17.8 Å². The molecule has 1 aromatic heterocycles. The van der Waals surface area contributed by atoms with Crippen molar-refractivity contribution < 1.29 is 0 Å². The fourth-order valence-electron chi connectivity index (χ4n) is 1.63. The predicted molar refractivity (Wildman–Crippen MR) is 59.8 cm³/mol. The first kappa shape index (κ1) is 9.65. The monoisotopic (exact) mass is 200 g/mol. The molecule has 0 bridgehead atoms. The lowest BCUT2D eigenvalue weighted by Gasteiger charge is -2.03. The number of aryl methyl sites for hydroxylation is 2. The van der Waals surface area contributed by atoms with Crippen LogP contribution in [0.5, 0.6) is 0 Å². The van der Waals surface area contributed by atoms with Crippen LogP contribution in [0.25, 0.3) is 11.4 Å². The average molecular weight is 200 g/mol. The first-order chi connectivity index (χ1) is 7.15. The summed E-state index contributed by atoms with van der Waals surface area (Å²) in [6, 6.07) is 7.51. The van der Waals surface area contributed by atoms with Crippen molar-refractivity contribution in [2.45, 2.75) is 13.8 Å². The molecular formula is C12H12N2O. The highest BCUT2D eigenvalue weighted by Gasteiger charge is 2.01. The van der Waals surface area contributed by atoms with Crippen LogP contribution in [-0.2, 0) is 0 Å². The molecule has 0 saturated heterocycles. The summed E-state index contributed by atoms with van der Waals surface area (Å²) in [5, 5.41) is 0. The topological polar surface area (TPSA) is 45.8 Å². The van der Waals surface area contributed by atoms with Gasteiger partial charge in [0.25, 0.3) is 5.56 Å². The summed E-state index contributed by atoms with van der Waals surface area (Å²) in [5.41, 5.74) is 3.15. The number of rotatable bonds is 1. The van der Waals surface area contributed by atoms with E-state index in [9.17, 15) is 4.79 Å². The number of nitrogens with one attached hydrogen (secondary N) is 1. The van der Waals surface area contributed by atoms with E-state index in [-0.39, 0.29) is 5.56 Å². The van der Waals surface area contributed by atoms with Crippen LogP contribution in [-0.4, -0.2) is 9.97 Å². The molecule has 0 saturated carbocycles. The van der Waals surface area contributed by atoms with Crippen LogP contribution < -0.4 is 5.56 Å². The highest BCUT2D eigenvalue weighted by Crippen LogP contribution is 2.16. The van der Waals surface area contributed by atoms with Crippen LogP contribution in [0.2, 0.25) is 0 Å². The molecule has 0 amide bonds. The van der Waals surface area contributed by atoms with Gasteiger partial charge in [0.2, 0.25) is 0 Å². The SMILES string of the molecule is Cc1cc(C)cc(-c2nccc(=O)[nH]2)c1. The standard InChI is InChI=1S/C12H12N2O/c1-8-5-9(2)7-10(6-8)12-13-4-3-11(15)14-12/h3-7H,1-2H3,(H,13,14,15). The van der Waals surface area contributed by atoms with E-state index < -0.39 is 0 Å². The van der Waals surface area contributed by atoms with Gasteiger partial charge in [0.05, 0.1) is 0 Å². The number of hydrogen-bond acceptors (Lipinski definition) is 2. The van der Waals surface area contributed by atoms with Crippen molar-refractivity contribution in [3.05, 3.63) is 51.9 Å². The van der Waals surface area contributed by atoms with Crippen LogP contribution in [0.15, 0.2) is 35.3 Å². The largest absolute Gasteiger partial charge is 0.307 e. The molecule has 0 radical (unpaired) electrons. The molecule has 0 aliphatic heterocycles. The quantitative estimate of drug-likeness (QED) is 0.765. The number of benzene rings is 1. The summed E-state index contributed by atoms with van der Waals surface area (Å²) < 4.78 is 0. The highest BCUT2D eigenvalue weighted by atomic mass is 16.1. The van der Waals surface area contributed by atoms with Gasteiger partial charge in [-0.2, -0.15) is 0 Å². The maximum Gasteiger partial charge on any atom is 0.251 e. The Balaban J connectivity index is 2.58. The third-order valence-electron chi connectivity index (χ3n) is 2.17. The normalized spacial score (nSPS) is 10.3. The molecule has 0 fully saturated rings. The Hall–Kier alpha value is -1.90. The van der Waals surface area contributed by atoms with E-state index in [1.54, 1.807) is 0 Å². The van der Waals surface area contributed by atoms with Gasteiger partial charge in [-0.05, 0) is 26.0 Å². The predicted octanol–water partition coefficient (Wildman–Crippen LogP) is 2.05. The van der Waals surface area contributed by atoms with Gasteiger partial charge in [-0.15, -0.1) is 0 Å². The summed E-state index contributed by atoms with van der Waals surface area (Å²) >= 11 is 0. The van der Waals surface area contributed by atoms with Crippen molar-refractivity contribution in [3.8, 4) is 11.4 Å².